The average Bonchev–Trinajstić information content (AvgIpc) is 1.83. The van der Waals surface area contributed by atoms with Gasteiger partial charge in [-0.05, 0) is 11.6 Å². The lowest BCUT2D eigenvalue weighted by Crippen LogP contribution is -2.07. The normalized spacial score (nSPS) is 8.67. The minimum Gasteiger partial charge on any atom is -0.456 e. The van der Waals surface area contributed by atoms with Gasteiger partial charge in [-0.1, -0.05) is 6.92 Å². The van der Waals surface area contributed by atoms with Crippen LogP contribution >= 0.6 is 11.6 Å². The monoisotopic (exact) mass is 150 g/mol. The predicted octanol–water partition coefficient (Wildman–Crippen LogP) is 0.705. The molecular formula is C5H7ClO3. The molecule has 0 spiro atoms. The highest BCUT2D eigenvalue weighted by atomic mass is 35.5. The molecule has 0 rings (SSSR count). The lowest BCUT2D eigenvalue weighted by Gasteiger charge is -1.95. The Morgan fingerprint density at radius 2 is 2.11 bits per heavy atom. The first-order valence-corrected chi connectivity index (χ1v) is 2.88. The van der Waals surface area contributed by atoms with Crippen molar-refractivity contribution in [1.82, 2.24) is 0 Å². The highest BCUT2D eigenvalue weighted by molar-refractivity contribution is 6.64. The van der Waals surface area contributed by atoms with Crippen LogP contribution in [0, 0.1) is 0 Å². The lowest BCUT2D eigenvalue weighted by atomic mass is 10.5. The van der Waals surface area contributed by atoms with Crippen molar-refractivity contribution >= 4 is 22.8 Å². The number of carbonyl (C=O) groups is 2. The van der Waals surface area contributed by atoms with Crippen LogP contribution in [-0.2, 0) is 14.3 Å². The number of carbonyl (C=O) groups excluding carboxylic acids is 2. The van der Waals surface area contributed by atoms with Gasteiger partial charge in [-0.2, -0.15) is 0 Å². The second-order valence-corrected chi connectivity index (χ2v) is 1.79. The maximum absolute atomic E-state index is 10.3. The molecule has 9 heavy (non-hydrogen) atoms. The van der Waals surface area contributed by atoms with Gasteiger partial charge < -0.3 is 4.74 Å². The van der Waals surface area contributed by atoms with Gasteiger partial charge in [0.05, 0.1) is 0 Å². The predicted molar refractivity (Wildman–Crippen MR) is 32.1 cm³/mol. The first-order valence-electron chi connectivity index (χ1n) is 2.50. The molecule has 0 radical (unpaired) electrons. The Hall–Kier alpha value is -0.570. The van der Waals surface area contributed by atoms with Crippen LogP contribution in [-0.4, -0.2) is 17.8 Å². The number of ether oxygens (including phenoxy) is 1. The van der Waals surface area contributed by atoms with E-state index in [0.717, 1.165) is 0 Å². The van der Waals surface area contributed by atoms with Gasteiger partial charge in [0.25, 0.3) is 5.24 Å². The Bertz CT molecular complexity index is 121. The summed E-state index contributed by atoms with van der Waals surface area (Å²) in [5.74, 6) is -0.413. The van der Waals surface area contributed by atoms with E-state index < -0.39 is 11.2 Å². The largest absolute Gasteiger partial charge is 0.456 e. The van der Waals surface area contributed by atoms with Crippen LogP contribution in [0.15, 0.2) is 0 Å². The molecule has 0 saturated carbocycles. The molecule has 0 aromatic rings. The topological polar surface area (TPSA) is 43.4 Å². The van der Waals surface area contributed by atoms with Crippen LogP contribution in [0.25, 0.3) is 0 Å². The third kappa shape index (κ3) is 5.30. The van der Waals surface area contributed by atoms with Crippen molar-refractivity contribution < 1.29 is 14.3 Å². The van der Waals surface area contributed by atoms with E-state index in [0.29, 0.717) is 0 Å². The Labute approximate surface area is 57.9 Å². The first kappa shape index (κ1) is 8.43. The molecule has 0 bridgehead atoms. The van der Waals surface area contributed by atoms with Gasteiger partial charge in [0.2, 0.25) is 0 Å². The van der Waals surface area contributed by atoms with E-state index >= 15 is 0 Å². The molecule has 0 fully saturated rings. The molecular weight excluding hydrogens is 144 g/mol. The summed E-state index contributed by atoms with van der Waals surface area (Å²) in [6.07, 6.45) is 0.268. The summed E-state index contributed by atoms with van der Waals surface area (Å²) in [5.41, 5.74) is 0. The molecule has 0 aliphatic rings. The van der Waals surface area contributed by atoms with Gasteiger partial charge in [0, 0.05) is 6.42 Å². The van der Waals surface area contributed by atoms with E-state index in [2.05, 4.69) is 4.74 Å². The van der Waals surface area contributed by atoms with Crippen molar-refractivity contribution in [2.45, 2.75) is 13.3 Å². The average molecular weight is 151 g/mol. The van der Waals surface area contributed by atoms with Crippen molar-refractivity contribution in [2.24, 2.45) is 0 Å². The molecule has 0 N–H and O–H groups in total. The molecule has 0 unspecified atom stereocenters. The molecule has 0 aromatic heterocycles. The van der Waals surface area contributed by atoms with Gasteiger partial charge in [-0.25, -0.2) is 0 Å². The second-order valence-electron chi connectivity index (χ2n) is 1.37. The molecule has 0 amide bonds. The summed E-state index contributed by atoms with van der Waals surface area (Å²) in [6.45, 7) is 1.31. The number of halogens is 1. The van der Waals surface area contributed by atoms with Gasteiger partial charge >= 0.3 is 5.97 Å². The Balaban J connectivity index is 3.28. The van der Waals surface area contributed by atoms with Crippen LogP contribution in [0.4, 0.5) is 0 Å². The molecule has 0 aliphatic heterocycles. The maximum Gasteiger partial charge on any atom is 0.305 e. The maximum atomic E-state index is 10.3. The van der Waals surface area contributed by atoms with Crippen molar-refractivity contribution in [3.05, 3.63) is 0 Å². The van der Waals surface area contributed by atoms with Crippen LogP contribution < -0.4 is 0 Å². The molecule has 0 heterocycles. The third-order valence-corrected chi connectivity index (χ3v) is 0.744. The minimum absolute atomic E-state index is 0.268. The molecule has 0 aromatic carbocycles. The van der Waals surface area contributed by atoms with Crippen molar-refractivity contribution in [3.63, 3.8) is 0 Å². The zero-order chi connectivity index (χ0) is 7.28. The fourth-order valence-corrected chi connectivity index (χ4v) is 0.294. The van der Waals surface area contributed by atoms with E-state index in [1.807, 2.05) is 0 Å². The zero-order valence-corrected chi connectivity index (χ0v) is 5.77. The van der Waals surface area contributed by atoms with Gasteiger partial charge in [0.15, 0.2) is 6.61 Å². The minimum atomic E-state index is -0.656. The summed E-state index contributed by atoms with van der Waals surface area (Å²) in [5, 5.41) is -0.656. The zero-order valence-electron chi connectivity index (χ0n) is 5.02. The molecule has 4 heteroatoms. The fraction of sp³-hybridized carbons (Fsp3) is 0.600. The van der Waals surface area contributed by atoms with Crippen LogP contribution in [0.3, 0.4) is 0 Å². The van der Waals surface area contributed by atoms with Crippen molar-refractivity contribution in [3.8, 4) is 0 Å². The number of hydrogen-bond donors (Lipinski definition) is 0. The van der Waals surface area contributed by atoms with E-state index in [9.17, 15) is 9.59 Å². The van der Waals surface area contributed by atoms with E-state index in [4.69, 9.17) is 11.6 Å². The summed E-state index contributed by atoms with van der Waals surface area (Å²) in [7, 11) is 0. The van der Waals surface area contributed by atoms with Gasteiger partial charge in [0.1, 0.15) is 0 Å². The van der Waals surface area contributed by atoms with E-state index in [-0.39, 0.29) is 13.0 Å². The molecule has 52 valence electrons. The molecule has 0 atom stereocenters. The molecule has 0 aliphatic carbocycles. The smallest absolute Gasteiger partial charge is 0.305 e. The number of rotatable bonds is 3. The van der Waals surface area contributed by atoms with Crippen LogP contribution in [0.1, 0.15) is 13.3 Å². The lowest BCUT2D eigenvalue weighted by molar-refractivity contribution is -0.145. The number of hydrogen-bond acceptors (Lipinski definition) is 3. The number of esters is 1. The Kier molecular flexibility index (Phi) is 4.05. The third-order valence-electron chi connectivity index (χ3n) is 0.635. The highest BCUT2D eigenvalue weighted by Crippen LogP contribution is 1.86. The standard InChI is InChI=1S/C5H7ClO3/c1-2-5(8)9-3-4(6)7/h2-3H2,1H3. The summed E-state index contributed by atoms with van der Waals surface area (Å²) < 4.78 is 4.33. The van der Waals surface area contributed by atoms with Crippen molar-refractivity contribution in [1.29, 1.82) is 0 Å². The van der Waals surface area contributed by atoms with E-state index in [1.165, 1.54) is 0 Å². The first-order chi connectivity index (χ1) is 4.16. The summed E-state index contributed by atoms with van der Waals surface area (Å²) in [4.78, 5) is 20.2. The van der Waals surface area contributed by atoms with Crippen molar-refractivity contribution in [2.75, 3.05) is 6.61 Å². The molecule has 0 saturated heterocycles. The Morgan fingerprint density at radius 3 is 2.44 bits per heavy atom. The van der Waals surface area contributed by atoms with Crippen LogP contribution in [0.5, 0.6) is 0 Å². The quantitative estimate of drug-likeness (QED) is 0.440. The SMILES string of the molecule is CCC(=O)OCC(=O)Cl. The second kappa shape index (κ2) is 4.32. The van der Waals surface area contributed by atoms with Gasteiger partial charge in [-0.3, -0.25) is 9.59 Å². The molecule has 3 nitrogen and oxygen atoms in total. The Morgan fingerprint density at radius 1 is 1.56 bits per heavy atom. The van der Waals surface area contributed by atoms with Gasteiger partial charge in [-0.15, -0.1) is 0 Å². The summed E-state index contributed by atoms with van der Waals surface area (Å²) >= 11 is 4.86. The van der Waals surface area contributed by atoms with Crippen LogP contribution in [0.2, 0.25) is 0 Å². The van der Waals surface area contributed by atoms with E-state index in [1.54, 1.807) is 6.92 Å². The fourth-order valence-electron chi connectivity index (χ4n) is 0.239. The summed E-state index contributed by atoms with van der Waals surface area (Å²) in [6, 6.07) is 0. The highest BCUT2D eigenvalue weighted by Gasteiger charge is 2.00.